The third kappa shape index (κ3) is 6.46. The van der Waals surface area contributed by atoms with Crippen LogP contribution in [0.15, 0.2) is 4.99 Å². The fourth-order valence-corrected chi connectivity index (χ4v) is 3.50. The smallest absolute Gasteiger partial charge is 0.191 e. The molecule has 0 aliphatic carbocycles. The second-order valence-electron chi connectivity index (χ2n) is 7.27. The molecule has 0 spiro atoms. The standard InChI is InChI=1S/C19H34N6O2/c1-2-20-19(21-9-6-11-26-14-16-8-12-27-15-16)22-13-18-24-23-17-7-4-3-5-10-25(17)18/h16H,2-15H2,1H3,(H2,20,21,22). The van der Waals surface area contributed by atoms with E-state index in [1.807, 2.05) is 0 Å². The minimum absolute atomic E-state index is 0.556. The Hall–Kier alpha value is -1.67. The second-order valence-corrected chi connectivity index (χ2v) is 7.27. The van der Waals surface area contributed by atoms with Crippen molar-refractivity contribution in [1.82, 2.24) is 25.4 Å². The lowest BCUT2D eigenvalue weighted by atomic mass is 10.1. The maximum atomic E-state index is 5.75. The van der Waals surface area contributed by atoms with Crippen LogP contribution in [0.4, 0.5) is 0 Å². The van der Waals surface area contributed by atoms with E-state index in [0.29, 0.717) is 12.5 Å². The molecule has 1 atom stereocenters. The molecular weight excluding hydrogens is 344 g/mol. The normalized spacial score (nSPS) is 20.3. The Morgan fingerprint density at radius 3 is 3.11 bits per heavy atom. The number of aliphatic imine (C=N–C) groups is 1. The molecule has 0 aromatic carbocycles. The summed E-state index contributed by atoms with van der Waals surface area (Å²) in [6.45, 7) is 8.63. The number of hydrogen-bond donors (Lipinski definition) is 2. The largest absolute Gasteiger partial charge is 0.381 e. The number of nitrogens with zero attached hydrogens (tertiary/aromatic N) is 4. The zero-order valence-electron chi connectivity index (χ0n) is 16.6. The van der Waals surface area contributed by atoms with Crippen molar-refractivity contribution >= 4 is 5.96 Å². The first kappa shape index (κ1) is 20.1. The minimum Gasteiger partial charge on any atom is -0.381 e. The van der Waals surface area contributed by atoms with E-state index in [9.17, 15) is 0 Å². The SMILES string of the molecule is CCNC(=NCc1nnc2n1CCCCC2)NCCCOCC1CCOC1. The van der Waals surface area contributed by atoms with Gasteiger partial charge in [-0.15, -0.1) is 10.2 Å². The number of aryl methyl sites for hydroxylation is 1. The highest BCUT2D eigenvalue weighted by molar-refractivity contribution is 5.79. The third-order valence-corrected chi connectivity index (χ3v) is 5.04. The number of fused-ring (bicyclic) bond motifs is 1. The molecule has 2 aliphatic heterocycles. The van der Waals surface area contributed by atoms with Gasteiger partial charge < -0.3 is 24.7 Å². The van der Waals surface area contributed by atoms with Crippen molar-refractivity contribution in [3.05, 3.63) is 11.6 Å². The zero-order valence-corrected chi connectivity index (χ0v) is 16.6. The van der Waals surface area contributed by atoms with Crippen LogP contribution in [0.2, 0.25) is 0 Å². The summed E-state index contributed by atoms with van der Waals surface area (Å²) in [7, 11) is 0. The van der Waals surface area contributed by atoms with Crippen molar-refractivity contribution in [3.63, 3.8) is 0 Å². The molecule has 2 aliphatic rings. The molecule has 1 aromatic rings. The van der Waals surface area contributed by atoms with Crippen LogP contribution in [0.25, 0.3) is 0 Å². The van der Waals surface area contributed by atoms with Crippen molar-refractivity contribution < 1.29 is 9.47 Å². The summed E-state index contributed by atoms with van der Waals surface area (Å²) in [6.07, 6.45) is 6.79. The number of ether oxygens (including phenoxy) is 2. The molecule has 8 heteroatoms. The van der Waals surface area contributed by atoms with Crippen LogP contribution in [-0.4, -0.2) is 60.2 Å². The van der Waals surface area contributed by atoms with Gasteiger partial charge in [0.25, 0.3) is 0 Å². The number of guanidine groups is 1. The van der Waals surface area contributed by atoms with Gasteiger partial charge in [-0.25, -0.2) is 4.99 Å². The average molecular weight is 379 g/mol. The van der Waals surface area contributed by atoms with Crippen LogP contribution in [0.5, 0.6) is 0 Å². The molecule has 27 heavy (non-hydrogen) atoms. The maximum absolute atomic E-state index is 5.75. The predicted octanol–water partition coefficient (Wildman–Crippen LogP) is 1.50. The maximum Gasteiger partial charge on any atom is 0.191 e. The lowest BCUT2D eigenvalue weighted by Gasteiger charge is -2.12. The first-order valence-corrected chi connectivity index (χ1v) is 10.5. The summed E-state index contributed by atoms with van der Waals surface area (Å²) in [5.74, 6) is 3.48. The summed E-state index contributed by atoms with van der Waals surface area (Å²) in [4.78, 5) is 4.69. The highest BCUT2D eigenvalue weighted by atomic mass is 16.5. The highest BCUT2D eigenvalue weighted by Gasteiger charge is 2.15. The third-order valence-electron chi connectivity index (χ3n) is 5.04. The summed E-state index contributed by atoms with van der Waals surface area (Å²) < 4.78 is 13.4. The van der Waals surface area contributed by atoms with Gasteiger partial charge in [-0.2, -0.15) is 0 Å². The molecule has 0 radical (unpaired) electrons. The van der Waals surface area contributed by atoms with Gasteiger partial charge >= 0.3 is 0 Å². The lowest BCUT2D eigenvalue weighted by molar-refractivity contribution is 0.0888. The van der Waals surface area contributed by atoms with Gasteiger partial charge in [0.15, 0.2) is 11.8 Å². The summed E-state index contributed by atoms with van der Waals surface area (Å²) in [5.41, 5.74) is 0. The Kier molecular flexibility index (Phi) is 8.35. The average Bonchev–Trinajstić information content (AvgIpc) is 3.27. The Morgan fingerprint density at radius 2 is 2.26 bits per heavy atom. The number of aromatic nitrogens is 3. The van der Waals surface area contributed by atoms with E-state index < -0.39 is 0 Å². The fourth-order valence-electron chi connectivity index (χ4n) is 3.50. The molecule has 8 nitrogen and oxygen atoms in total. The molecule has 0 bridgehead atoms. The van der Waals surface area contributed by atoms with Crippen molar-refractivity contribution in [3.8, 4) is 0 Å². The van der Waals surface area contributed by atoms with Crippen LogP contribution >= 0.6 is 0 Å². The quantitative estimate of drug-likeness (QED) is 0.385. The van der Waals surface area contributed by atoms with Gasteiger partial charge in [-0.3, -0.25) is 0 Å². The molecule has 3 heterocycles. The molecule has 0 saturated carbocycles. The van der Waals surface area contributed by atoms with Gasteiger partial charge in [-0.05, 0) is 32.6 Å². The van der Waals surface area contributed by atoms with Crippen molar-refractivity contribution in [2.45, 2.75) is 58.5 Å². The van der Waals surface area contributed by atoms with Crippen molar-refractivity contribution in [2.24, 2.45) is 10.9 Å². The molecular formula is C19H34N6O2. The number of rotatable bonds is 9. The number of hydrogen-bond acceptors (Lipinski definition) is 5. The van der Waals surface area contributed by atoms with Crippen LogP contribution in [0.3, 0.4) is 0 Å². The van der Waals surface area contributed by atoms with Crippen LogP contribution in [0, 0.1) is 5.92 Å². The summed E-state index contributed by atoms with van der Waals surface area (Å²) >= 11 is 0. The van der Waals surface area contributed by atoms with E-state index in [-0.39, 0.29) is 0 Å². The van der Waals surface area contributed by atoms with Gasteiger partial charge in [0.05, 0.1) is 13.2 Å². The lowest BCUT2D eigenvalue weighted by Crippen LogP contribution is -2.38. The summed E-state index contributed by atoms with van der Waals surface area (Å²) in [6, 6.07) is 0. The van der Waals surface area contributed by atoms with Gasteiger partial charge in [0, 0.05) is 45.2 Å². The molecule has 1 fully saturated rings. The summed E-state index contributed by atoms with van der Waals surface area (Å²) in [5, 5.41) is 15.4. The Bertz CT molecular complexity index is 583. The molecule has 3 rings (SSSR count). The van der Waals surface area contributed by atoms with E-state index in [4.69, 9.17) is 9.47 Å². The highest BCUT2D eigenvalue weighted by Crippen LogP contribution is 2.15. The van der Waals surface area contributed by atoms with E-state index in [2.05, 4.69) is 37.3 Å². The Balaban J connectivity index is 1.39. The minimum atomic E-state index is 0.556. The molecule has 0 amide bonds. The van der Waals surface area contributed by atoms with Crippen LogP contribution in [-0.2, 0) is 29.0 Å². The Labute approximate surface area is 162 Å². The number of nitrogens with one attached hydrogen (secondary N) is 2. The van der Waals surface area contributed by atoms with Crippen LogP contribution in [0.1, 0.15) is 50.7 Å². The van der Waals surface area contributed by atoms with E-state index in [1.165, 1.54) is 19.3 Å². The first-order chi connectivity index (χ1) is 13.4. The second kappa shape index (κ2) is 11.2. The molecule has 1 saturated heterocycles. The molecule has 1 aromatic heterocycles. The molecule has 1 unspecified atom stereocenters. The van der Waals surface area contributed by atoms with Crippen molar-refractivity contribution in [2.75, 3.05) is 39.5 Å². The first-order valence-electron chi connectivity index (χ1n) is 10.5. The van der Waals surface area contributed by atoms with Gasteiger partial charge in [0.1, 0.15) is 12.4 Å². The molecule has 152 valence electrons. The van der Waals surface area contributed by atoms with Gasteiger partial charge in [0.2, 0.25) is 0 Å². The Morgan fingerprint density at radius 1 is 1.30 bits per heavy atom. The van der Waals surface area contributed by atoms with E-state index >= 15 is 0 Å². The topological polar surface area (TPSA) is 85.6 Å². The monoisotopic (exact) mass is 378 g/mol. The predicted molar refractivity (Wildman–Crippen MR) is 105 cm³/mol. The van der Waals surface area contributed by atoms with Gasteiger partial charge in [-0.1, -0.05) is 6.42 Å². The molecule has 2 N–H and O–H groups in total. The fraction of sp³-hybridized carbons (Fsp3) is 0.842. The zero-order chi connectivity index (χ0) is 18.7. The van der Waals surface area contributed by atoms with Crippen LogP contribution < -0.4 is 10.6 Å². The van der Waals surface area contributed by atoms with E-state index in [1.54, 1.807) is 0 Å². The van der Waals surface area contributed by atoms with Crippen molar-refractivity contribution in [1.29, 1.82) is 0 Å². The van der Waals surface area contributed by atoms with E-state index in [0.717, 1.165) is 82.9 Å².